The molecule has 2 heterocycles. The number of aliphatic hydroxyl groups is 1. The molecule has 1 aliphatic heterocycles. The van der Waals surface area contributed by atoms with Gasteiger partial charge in [0.1, 0.15) is 5.60 Å². The molecule has 5 nitrogen and oxygen atoms in total. The van der Waals surface area contributed by atoms with E-state index < -0.39 is 5.60 Å². The van der Waals surface area contributed by atoms with E-state index in [0.29, 0.717) is 18.7 Å². The normalized spacial score (nSPS) is 30.9. The molecule has 0 radical (unpaired) electrons. The third kappa shape index (κ3) is 1.42. The van der Waals surface area contributed by atoms with Crippen LogP contribution < -0.4 is 0 Å². The molecule has 0 aliphatic carbocycles. The van der Waals surface area contributed by atoms with E-state index in [1.165, 1.54) is 0 Å². The van der Waals surface area contributed by atoms with Crippen molar-refractivity contribution in [1.29, 1.82) is 0 Å². The van der Waals surface area contributed by atoms with Crippen LogP contribution in [-0.2, 0) is 17.4 Å². The summed E-state index contributed by atoms with van der Waals surface area (Å²) in [6.45, 7) is 4.24. The Balaban J connectivity index is 2.32. The van der Waals surface area contributed by atoms with Gasteiger partial charge in [-0.15, -0.1) is 5.10 Å². The molecule has 1 N–H and O–H groups in total. The zero-order valence-electron chi connectivity index (χ0n) is 8.69. The van der Waals surface area contributed by atoms with Gasteiger partial charge in [0.15, 0.2) is 0 Å². The molecule has 1 aromatic rings. The molecular formula is C9H15N3O2. The first-order valence-electron chi connectivity index (χ1n) is 4.64. The molecule has 14 heavy (non-hydrogen) atoms. The largest absolute Gasteiger partial charge is 0.381 e. The standard InChI is InChI=1S/C9H15N3O2/c1-8(2)5-9(13,6-14-8)7-4-10-11-12(7)3/h4,13H,5-6H2,1-3H3. The first-order chi connectivity index (χ1) is 6.43. The maximum absolute atomic E-state index is 10.3. The third-order valence-electron chi connectivity index (χ3n) is 2.61. The van der Waals surface area contributed by atoms with Crippen LogP contribution in [0.4, 0.5) is 0 Å². The average Bonchev–Trinajstić information content (AvgIpc) is 2.57. The molecule has 1 aliphatic rings. The van der Waals surface area contributed by atoms with E-state index in [4.69, 9.17) is 4.74 Å². The Morgan fingerprint density at radius 1 is 1.57 bits per heavy atom. The average molecular weight is 197 g/mol. The molecule has 1 fully saturated rings. The van der Waals surface area contributed by atoms with Gasteiger partial charge in [0.2, 0.25) is 0 Å². The summed E-state index contributed by atoms with van der Waals surface area (Å²) in [5.74, 6) is 0. The van der Waals surface area contributed by atoms with Gasteiger partial charge in [-0.25, -0.2) is 4.68 Å². The minimum absolute atomic E-state index is 0.279. The van der Waals surface area contributed by atoms with E-state index in [9.17, 15) is 5.11 Å². The van der Waals surface area contributed by atoms with Crippen molar-refractivity contribution in [3.8, 4) is 0 Å². The number of aromatic nitrogens is 3. The smallest absolute Gasteiger partial charge is 0.134 e. The Hall–Kier alpha value is -0.940. The minimum atomic E-state index is -0.943. The number of hydrogen-bond donors (Lipinski definition) is 1. The molecule has 2 rings (SSSR count). The van der Waals surface area contributed by atoms with E-state index in [1.54, 1.807) is 17.9 Å². The number of aryl methyl sites for hydroxylation is 1. The van der Waals surface area contributed by atoms with E-state index in [-0.39, 0.29) is 5.60 Å². The van der Waals surface area contributed by atoms with Crippen LogP contribution in [0.3, 0.4) is 0 Å². The highest BCUT2D eigenvalue weighted by molar-refractivity contribution is 5.12. The van der Waals surface area contributed by atoms with Gasteiger partial charge >= 0.3 is 0 Å². The molecule has 0 saturated carbocycles. The topological polar surface area (TPSA) is 60.2 Å². The zero-order valence-corrected chi connectivity index (χ0v) is 8.69. The second kappa shape index (κ2) is 2.77. The molecule has 1 saturated heterocycles. The molecule has 0 bridgehead atoms. The summed E-state index contributed by atoms with van der Waals surface area (Å²) in [4.78, 5) is 0. The quantitative estimate of drug-likeness (QED) is 0.698. The van der Waals surface area contributed by atoms with Crippen molar-refractivity contribution in [2.45, 2.75) is 31.5 Å². The van der Waals surface area contributed by atoms with Crippen molar-refractivity contribution in [2.75, 3.05) is 6.61 Å². The zero-order chi connectivity index (χ0) is 10.4. The summed E-state index contributed by atoms with van der Waals surface area (Å²) in [6, 6.07) is 0. The molecule has 0 amide bonds. The Labute approximate surface area is 82.7 Å². The molecule has 5 heteroatoms. The van der Waals surface area contributed by atoms with E-state index >= 15 is 0 Å². The molecule has 1 atom stereocenters. The SMILES string of the molecule is Cn1nncc1C1(O)COC(C)(C)C1. The first-order valence-corrected chi connectivity index (χ1v) is 4.64. The highest BCUT2D eigenvalue weighted by atomic mass is 16.5. The number of rotatable bonds is 1. The van der Waals surface area contributed by atoms with Gasteiger partial charge < -0.3 is 9.84 Å². The van der Waals surface area contributed by atoms with Crippen molar-refractivity contribution >= 4 is 0 Å². The summed E-state index contributed by atoms with van der Waals surface area (Å²) >= 11 is 0. The number of hydrogen-bond acceptors (Lipinski definition) is 4. The second-order valence-electron chi connectivity index (χ2n) is 4.50. The molecule has 1 aromatic heterocycles. The second-order valence-corrected chi connectivity index (χ2v) is 4.50. The van der Waals surface area contributed by atoms with Crippen molar-refractivity contribution in [3.63, 3.8) is 0 Å². The van der Waals surface area contributed by atoms with E-state index in [2.05, 4.69) is 10.3 Å². The molecular weight excluding hydrogens is 182 g/mol. The third-order valence-corrected chi connectivity index (χ3v) is 2.61. The summed E-state index contributed by atoms with van der Waals surface area (Å²) in [7, 11) is 1.77. The highest BCUT2D eigenvalue weighted by Crippen LogP contribution is 2.38. The highest BCUT2D eigenvalue weighted by Gasteiger charge is 2.46. The van der Waals surface area contributed by atoms with Crippen molar-refractivity contribution < 1.29 is 9.84 Å². The van der Waals surface area contributed by atoms with Gasteiger partial charge in [-0.3, -0.25) is 0 Å². The van der Waals surface area contributed by atoms with Gasteiger partial charge in [0.05, 0.1) is 24.1 Å². The van der Waals surface area contributed by atoms with Crippen LogP contribution in [0, 0.1) is 0 Å². The Bertz CT molecular complexity index is 348. The molecule has 0 spiro atoms. The summed E-state index contributed by atoms with van der Waals surface area (Å²) in [5, 5.41) is 17.9. The van der Waals surface area contributed by atoms with Crippen LogP contribution in [0.25, 0.3) is 0 Å². The van der Waals surface area contributed by atoms with Crippen molar-refractivity contribution in [2.24, 2.45) is 7.05 Å². The van der Waals surface area contributed by atoms with Gasteiger partial charge in [-0.2, -0.15) is 0 Å². The lowest BCUT2D eigenvalue weighted by Gasteiger charge is -2.21. The molecule has 0 aromatic carbocycles. The fourth-order valence-electron chi connectivity index (χ4n) is 2.00. The lowest BCUT2D eigenvalue weighted by atomic mass is 9.91. The number of nitrogens with zero attached hydrogens (tertiary/aromatic N) is 3. The maximum Gasteiger partial charge on any atom is 0.134 e. The van der Waals surface area contributed by atoms with Crippen molar-refractivity contribution in [1.82, 2.24) is 15.0 Å². The van der Waals surface area contributed by atoms with Gasteiger partial charge in [-0.1, -0.05) is 5.21 Å². The van der Waals surface area contributed by atoms with Gasteiger partial charge in [-0.05, 0) is 13.8 Å². The van der Waals surface area contributed by atoms with Crippen LogP contribution >= 0.6 is 0 Å². The van der Waals surface area contributed by atoms with Crippen LogP contribution in [0.5, 0.6) is 0 Å². The van der Waals surface area contributed by atoms with E-state index in [1.807, 2.05) is 13.8 Å². The first kappa shape index (κ1) is 9.61. The van der Waals surface area contributed by atoms with Crippen LogP contribution in [0.2, 0.25) is 0 Å². The summed E-state index contributed by atoms with van der Waals surface area (Å²) in [5.41, 5.74) is -0.510. The lowest BCUT2D eigenvalue weighted by Crippen LogP contribution is -2.30. The minimum Gasteiger partial charge on any atom is -0.381 e. The fourth-order valence-corrected chi connectivity index (χ4v) is 2.00. The lowest BCUT2D eigenvalue weighted by molar-refractivity contribution is -0.000301. The number of ether oxygens (including phenoxy) is 1. The summed E-state index contributed by atoms with van der Waals surface area (Å²) in [6.07, 6.45) is 2.16. The van der Waals surface area contributed by atoms with Crippen LogP contribution in [0.1, 0.15) is 26.0 Å². The van der Waals surface area contributed by atoms with Crippen LogP contribution in [-0.4, -0.2) is 32.3 Å². The predicted molar refractivity (Wildman–Crippen MR) is 49.5 cm³/mol. The predicted octanol–water partition coefficient (Wildman–Crippen LogP) is 0.202. The maximum atomic E-state index is 10.3. The fraction of sp³-hybridized carbons (Fsp3) is 0.778. The van der Waals surface area contributed by atoms with Crippen molar-refractivity contribution in [3.05, 3.63) is 11.9 Å². The van der Waals surface area contributed by atoms with Gasteiger partial charge in [0, 0.05) is 13.5 Å². The Morgan fingerprint density at radius 3 is 2.71 bits per heavy atom. The molecule has 1 unspecified atom stereocenters. The van der Waals surface area contributed by atoms with Crippen LogP contribution in [0.15, 0.2) is 6.20 Å². The van der Waals surface area contributed by atoms with Gasteiger partial charge in [0.25, 0.3) is 0 Å². The Morgan fingerprint density at radius 2 is 2.29 bits per heavy atom. The Kier molecular flexibility index (Phi) is 1.90. The van der Waals surface area contributed by atoms with E-state index in [0.717, 1.165) is 0 Å². The monoisotopic (exact) mass is 197 g/mol. The molecule has 78 valence electrons. The summed E-state index contributed by atoms with van der Waals surface area (Å²) < 4.78 is 7.10.